The molecule has 0 heterocycles. The molecule has 0 saturated heterocycles. The van der Waals surface area contributed by atoms with Crippen molar-refractivity contribution in [3.05, 3.63) is 129 Å². The van der Waals surface area contributed by atoms with Crippen LogP contribution < -0.4 is 14.4 Å². The Kier molecular flexibility index (Phi) is 11.0. The molecule has 1 N–H and O–H groups in total. The molecule has 0 bridgehead atoms. The first-order chi connectivity index (χ1) is 21.9. The molecule has 13 heteroatoms. The van der Waals surface area contributed by atoms with Gasteiger partial charge in [0.15, 0.2) is 0 Å². The minimum atomic E-state index is -4.55. The van der Waals surface area contributed by atoms with Crippen molar-refractivity contribution in [2.75, 3.05) is 25.0 Å². The lowest BCUT2D eigenvalue weighted by atomic mass is 10.0. The minimum Gasteiger partial charge on any atom is -0.497 e. The van der Waals surface area contributed by atoms with Gasteiger partial charge in [-0.3, -0.25) is 24.0 Å². The van der Waals surface area contributed by atoms with Gasteiger partial charge in [0.05, 0.1) is 22.6 Å². The number of sulfonamides is 1. The number of rotatable bonds is 13. The van der Waals surface area contributed by atoms with E-state index >= 15 is 0 Å². The molecule has 2 amide bonds. The van der Waals surface area contributed by atoms with E-state index in [0.717, 1.165) is 15.9 Å². The second-order valence-electron chi connectivity index (χ2n) is 10.4. The van der Waals surface area contributed by atoms with Crippen LogP contribution in [-0.2, 0) is 32.6 Å². The first kappa shape index (κ1) is 33.9. The van der Waals surface area contributed by atoms with Crippen molar-refractivity contribution in [1.82, 2.24) is 10.2 Å². The molecular formula is C33H33ClN4O7S. The maximum atomic E-state index is 14.4. The molecule has 4 aromatic rings. The molecule has 0 fully saturated rings. The molecule has 0 radical (unpaired) electrons. The number of aryl methyl sites for hydroxylation is 1. The average Bonchev–Trinajstić information content (AvgIpc) is 3.05. The Morgan fingerprint density at radius 1 is 0.957 bits per heavy atom. The minimum absolute atomic E-state index is 0.0587. The van der Waals surface area contributed by atoms with Crippen LogP contribution in [-0.4, -0.2) is 56.8 Å². The van der Waals surface area contributed by atoms with Crippen LogP contribution in [0.1, 0.15) is 16.7 Å². The summed E-state index contributed by atoms with van der Waals surface area (Å²) in [5, 5.41) is 14.7. The highest BCUT2D eigenvalue weighted by Gasteiger charge is 2.35. The number of anilines is 1. The summed E-state index contributed by atoms with van der Waals surface area (Å²) in [6, 6.07) is 24.5. The fourth-order valence-corrected chi connectivity index (χ4v) is 6.55. The molecule has 0 spiro atoms. The lowest BCUT2D eigenvalue weighted by molar-refractivity contribution is -0.385. The van der Waals surface area contributed by atoms with Crippen LogP contribution in [0.25, 0.3) is 0 Å². The zero-order chi connectivity index (χ0) is 33.4. The topological polar surface area (TPSA) is 139 Å². The second-order valence-corrected chi connectivity index (χ2v) is 12.7. The van der Waals surface area contributed by atoms with Crippen LogP contribution in [0.3, 0.4) is 0 Å². The number of amides is 2. The Morgan fingerprint density at radius 2 is 1.63 bits per heavy atom. The number of benzene rings is 4. The van der Waals surface area contributed by atoms with Crippen molar-refractivity contribution in [1.29, 1.82) is 0 Å². The monoisotopic (exact) mass is 664 g/mol. The van der Waals surface area contributed by atoms with Gasteiger partial charge in [-0.1, -0.05) is 60.1 Å². The van der Waals surface area contributed by atoms with Gasteiger partial charge in [-0.25, -0.2) is 8.42 Å². The van der Waals surface area contributed by atoms with E-state index in [0.29, 0.717) is 16.3 Å². The Balaban J connectivity index is 1.83. The lowest BCUT2D eigenvalue weighted by Gasteiger charge is -2.33. The van der Waals surface area contributed by atoms with Crippen molar-refractivity contribution in [3.63, 3.8) is 0 Å². The van der Waals surface area contributed by atoms with Crippen molar-refractivity contribution in [3.8, 4) is 5.75 Å². The highest BCUT2D eigenvalue weighted by molar-refractivity contribution is 7.92. The van der Waals surface area contributed by atoms with Gasteiger partial charge >= 0.3 is 0 Å². The number of nitro benzene ring substituents is 1. The van der Waals surface area contributed by atoms with Gasteiger partial charge in [-0.15, -0.1) is 0 Å². The average molecular weight is 665 g/mol. The van der Waals surface area contributed by atoms with E-state index in [1.807, 2.05) is 30.3 Å². The van der Waals surface area contributed by atoms with Crippen LogP contribution in [0.5, 0.6) is 5.75 Å². The summed E-state index contributed by atoms with van der Waals surface area (Å²) in [5.41, 5.74) is 1.41. The van der Waals surface area contributed by atoms with E-state index in [1.165, 1.54) is 62.4 Å². The van der Waals surface area contributed by atoms with E-state index in [2.05, 4.69) is 5.32 Å². The van der Waals surface area contributed by atoms with E-state index in [-0.39, 0.29) is 34.8 Å². The highest BCUT2D eigenvalue weighted by Crippen LogP contribution is 2.30. The SMILES string of the molecule is CNC(=O)[C@H](Cc1ccccc1)N(Cc1cccc(Cl)c1)C(=O)CN(c1ccc(OC)cc1)S(=O)(=O)c1ccc(C)c([N+](=O)[O-])c1. The first-order valence-electron chi connectivity index (χ1n) is 14.2. The molecule has 0 saturated carbocycles. The summed E-state index contributed by atoms with van der Waals surface area (Å²) in [7, 11) is -1.63. The third-order valence-corrected chi connectivity index (χ3v) is 9.37. The summed E-state index contributed by atoms with van der Waals surface area (Å²) >= 11 is 6.24. The summed E-state index contributed by atoms with van der Waals surface area (Å²) < 4.78 is 34.5. The first-order valence-corrected chi connectivity index (χ1v) is 16.0. The summed E-state index contributed by atoms with van der Waals surface area (Å²) in [5.74, 6) is -0.693. The maximum absolute atomic E-state index is 14.4. The number of nitrogens with one attached hydrogen (secondary N) is 1. The van der Waals surface area contributed by atoms with Crippen LogP contribution in [0.4, 0.5) is 11.4 Å². The molecule has 0 aliphatic rings. The third kappa shape index (κ3) is 8.01. The molecule has 4 rings (SSSR count). The van der Waals surface area contributed by atoms with E-state index in [9.17, 15) is 28.1 Å². The van der Waals surface area contributed by atoms with E-state index in [1.54, 1.807) is 24.3 Å². The smallest absolute Gasteiger partial charge is 0.273 e. The molecule has 240 valence electrons. The van der Waals surface area contributed by atoms with Crippen molar-refractivity contribution in [2.45, 2.75) is 30.8 Å². The van der Waals surface area contributed by atoms with Crippen molar-refractivity contribution in [2.24, 2.45) is 0 Å². The molecule has 46 heavy (non-hydrogen) atoms. The van der Waals surface area contributed by atoms with Crippen LogP contribution in [0.15, 0.2) is 102 Å². The fraction of sp³-hybridized carbons (Fsp3) is 0.212. The second kappa shape index (κ2) is 14.9. The number of likely N-dealkylation sites (N-methyl/N-ethyl adjacent to an activating group) is 1. The van der Waals surface area contributed by atoms with Crippen molar-refractivity contribution < 1.29 is 27.7 Å². The molecule has 4 aromatic carbocycles. The number of nitrogens with zero attached hydrogens (tertiary/aromatic N) is 3. The number of carbonyl (C=O) groups is 2. The summed E-state index contributed by atoms with van der Waals surface area (Å²) in [6.45, 7) is 0.717. The molecular weight excluding hydrogens is 632 g/mol. The van der Waals surface area contributed by atoms with Crippen LogP contribution >= 0.6 is 11.6 Å². The maximum Gasteiger partial charge on any atom is 0.273 e. The summed E-state index contributed by atoms with van der Waals surface area (Å²) in [6.07, 6.45) is 0.145. The van der Waals surface area contributed by atoms with Gasteiger partial charge in [0.25, 0.3) is 15.7 Å². The molecule has 0 unspecified atom stereocenters. The summed E-state index contributed by atoms with van der Waals surface area (Å²) in [4.78, 5) is 39.7. The Bertz CT molecular complexity index is 1820. The quantitative estimate of drug-likeness (QED) is 0.154. The molecule has 0 aromatic heterocycles. The zero-order valence-corrected chi connectivity index (χ0v) is 27.0. The van der Waals surface area contributed by atoms with Crippen molar-refractivity contribution >= 4 is 44.8 Å². The van der Waals surface area contributed by atoms with Gasteiger partial charge in [0, 0.05) is 36.7 Å². The van der Waals surface area contributed by atoms with Gasteiger partial charge in [-0.05, 0) is 60.5 Å². The number of hydrogen-bond donors (Lipinski definition) is 1. The molecule has 1 atom stereocenters. The number of nitro groups is 1. The Morgan fingerprint density at radius 3 is 2.24 bits per heavy atom. The van der Waals surface area contributed by atoms with Gasteiger partial charge in [0.2, 0.25) is 11.8 Å². The highest BCUT2D eigenvalue weighted by atomic mass is 35.5. The van der Waals surface area contributed by atoms with Crippen LogP contribution in [0.2, 0.25) is 5.02 Å². The molecule has 0 aliphatic heterocycles. The fourth-order valence-electron chi connectivity index (χ4n) is 4.90. The van der Waals surface area contributed by atoms with Gasteiger partial charge in [0.1, 0.15) is 18.3 Å². The number of halogens is 1. The lowest BCUT2D eigenvalue weighted by Crippen LogP contribution is -2.53. The normalized spacial score (nSPS) is 11.7. The number of methoxy groups -OCH3 is 1. The standard InChI is InChI=1S/C33H33ClN4O7S/c1-23-12-17-29(20-30(23)38(41)42)46(43,44)37(27-13-15-28(45-3)16-14-27)22-32(39)36(21-25-10-7-11-26(34)18-25)31(33(40)35-2)19-24-8-5-4-6-9-24/h4-18,20,31H,19,21-22H2,1-3H3,(H,35,40)/t31-/m0/s1. The van der Waals surface area contributed by atoms with Gasteiger partial charge < -0.3 is 15.0 Å². The predicted molar refractivity (Wildman–Crippen MR) is 175 cm³/mol. The van der Waals surface area contributed by atoms with E-state index in [4.69, 9.17) is 16.3 Å². The number of carbonyl (C=O) groups excluding carboxylic acids is 2. The largest absolute Gasteiger partial charge is 0.497 e. The predicted octanol–water partition coefficient (Wildman–Crippen LogP) is 5.15. The number of hydrogen-bond acceptors (Lipinski definition) is 7. The number of ether oxygens (including phenoxy) is 1. The molecule has 11 nitrogen and oxygen atoms in total. The third-order valence-electron chi connectivity index (χ3n) is 7.36. The zero-order valence-electron chi connectivity index (χ0n) is 25.4. The van der Waals surface area contributed by atoms with Crippen LogP contribution in [0, 0.1) is 17.0 Å². The Hall–Kier alpha value is -4.94. The molecule has 0 aliphatic carbocycles. The Labute approximate surface area is 272 Å². The van der Waals surface area contributed by atoms with E-state index < -0.39 is 39.3 Å². The van der Waals surface area contributed by atoms with Gasteiger partial charge in [-0.2, -0.15) is 0 Å².